The molecule has 1 rings (SSSR count). The Morgan fingerprint density at radius 2 is 2.40 bits per heavy atom. The van der Waals surface area contributed by atoms with Crippen molar-refractivity contribution in [3.63, 3.8) is 0 Å². The Balaban J connectivity index is 2.91. The number of nitrogens with one attached hydrogen (secondary N) is 1. The molecule has 0 aliphatic rings. The Kier molecular flexibility index (Phi) is 3.45. The van der Waals surface area contributed by atoms with Crippen LogP contribution in [-0.2, 0) is 6.42 Å². The number of aromatic nitrogens is 1. The lowest BCUT2D eigenvalue weighted by Gasteiger charge is -2.05. The molecule has 1 amide bonds. The minimum Gasteiger partial charge on any atom is -0.361 e. The molecule has 15 heavy (non-hydrogen) atoms. The van der Waals surface area contributed by atoms with E-state index in [4.69, 9.17) is 9.78 Å². The van der Waals surface area contributed by atoms with Crippen LogP contribution >= 0.6 is 0 Å². The van der Waals surface area contributed by atoms with Crippen molar-refractivity contribution in [2.75, 3.05) is 0 Å². The standard InChI is InChI=1S/C10H13N3O2/c1-4-8-9(7(3)15-13-8)10(14)12-6(2)5-11/h6H,4H2,1-3H3,(H,12,14). The smallest absolute Gasteiger partial charge is 0.257 e. The van der Waals surface area contributed by atoms with Crippen molar-refractivity contribution in [1.29, 1.82) is 5.26 Å². The average Bonchev–Trinajstić information content (AvgIpc) is 2.59. The third kappa shape index (κ3) is 2.34. The molecule has 0 aliphatic carbocycles. The van der Waals surface area contributed by atoms with Gasteiger partial charge in [-0.05, 0) is 20.3 Å². The molecule has 5 nitrogen and oxygen atoms in total. The van der Waals surface area contributed by atoms with Gasteiger partial charge in [0.05, 0.1) is 11.8 Å². The van der Waals surface area contributed by atoms with Crippen LogP contribution in [0.1, 0.15) is 35.7 Å². The molecule has 0 fully saturated rings. The molecule has 0 radical (unpaired) electrons. The second-order valence-electron chi connectivity index (χ2n) is 3.24. The Morgan fingerprint density at radius 3 is 2.93 bits per heavy atom. The fourth-order valence-corrected chi connectivity index (χ4v) is 1.25. The zero-order valence-electron chi connectivity index (χ0n) is 9.00. The molecule has 0 bridgehead atoms. The van der Waals surface area contributed by atoms with E-state index in [1.165, 1.54) is 0 Å². The number of carbonyl (C=O) groups is 1. The van der Waals surface area contributed by atoms with E-state index in [0.717, 1.165) is 0 Å². The van der Waals surface area contributed by atoms with Crippen LogP contribution in [-0.4, -0.2) is 17.1 Å². The SMILES string of the molecule is CCc1noc(C)c1C(=O)NC(C)C#N. The van der Waals surface area contributed by atoms with Crippen LogP contribution in [0.3, 0.4) is 0 Å². The minimum absolute atomic E-state index is 0.306. The molecule has 0 aromatic carbocycles. The summed E-state index contributed by atoms with van der Waals surface area (Å²) >= 11 is 0. The first kappa shape index (κ1) is 11.2. The lowest BCUT2D eigenvalue weighted by molar-refractivity contribution is 0.0945. The molecule has 0 aliphatic heterocycles. The number of rotatable bonds is 3. The zero-order chi connectivity index (χ0) is 11.4. The molecule has 1 unspecified atom stereocenters. The molecule has 1 aromatic heterocycles. The van der Waals surface area contributed by atoms with E-state index in [1.54, 1.807) is 13.8 Å². The molecule has 1 N–H and O–H groups in total. The predicted octanol–water partition coefficient (Wildman–Crippen LogP) is 1.19. The van der Waals surface area contributed by atoms with Gasteiger partial charge in [-0.25, -0.2) is 0 Å². The highest BCUT2D eigenvalue weighted by atomic mass is 16.5. The molecule has 0 saturated heterocycles. The fraction of sp³-hybridized carbons (Fsp3) is 0.500. The van der Waals surface area contributed by atoms with E-state index in [0.29, 0.717) is 23.4 Å². The molecule has 1 aromatic rings. The van der Waals surface area contributed by atoms with E-state index in [1.807, 2.05) is 13.0 Å². The third-order valence-electron chi connectivity index (χ3n) is 2.04. The Labute approximate surface area is 88.1 Å². The van der Waals surface area contributed by atoms with Gasteiger partial charge in [0, 0.05) is 0 Å². The topological polar surface area (TPSA) is 78.9 Å². The summed E-state index contributed by atoms with van der Waals surface area (Å²) in [5.41, 5.74) is 1.06. The van der Waals surface area contributed by atoms with Crippen molar-refractivity contribution in [3.8, 4) is 6.07 Å². The molecule has 0 spiro atoms. The summed E-state index contributed by atoms with van der Waals surface area (Å²) in [6.07, 6.45) is 0.626. The Hall–Kier alpha value is -1.83. The summed E-state index contributed by atoms with van der Waals surface area (Å²) < 4.78 is 4.93. The highest BCUT2D eigenvalue weighted by Gasteiger charge is 2.19. The quantitative estimate of drug-likeness (QED) is 0.807. The first-order valence-corrected chi connectivity index (χ1v) is 4.75. The van der Waals surface area contributed by atoms with Crippen LogP contribution in [0.2, 0.25) is 0 Å². The van der Waals surface area contributed by atoms with E-state index < -0.39 is 6.04 Å². The highest BCUT2D eigenvalue weighted by Crippen LogP contribution is 2.13. The van der Waals surface area contributed by atoms with Gasteiger partial charge < -0.3 is 9.84 Å². The van der Waals surface area contributed by atoms with Crippen molar-refractivity contribution < 1.29 is 9.32 Å². The Morgan fingerprint density at radius 1 is 1.73 bits per heavy atom. The lowest BCUT2D eigenvalue weighted by Crippen LogP contribution is -2.32. The van der Waals surface area contributed by atoms with Crippen LogP contribution < -0.4 is 5.32 Å². The van der Waals surface area contributed by atoms with Gasteiger partial charge in [0.2, 0.25) is 0 Å². The summed E-state index contributed by atoms with van der Waals surface area (Å²) in [7, 11) is 0. The Bertz CT molecular complexity index is 403. The molecule has 1 atom stereocenters. The molecular weight excluding hydrogens is 194 g/mol. The average molecular weight is 207 g/mol. The first-order chi connectivity index (χ1) is 7.10. The zero-order valence-corrected chi connectivity index (χ0v) is 9.00. The maximum absolute atomic E-state index is 11.7. The van der Waals surface area contributed by atoms with Crippen molar-refractivity contribution in [3.05, 3.63) is 17.0 Å². The first-order valence-electron chi connectivity index (χ1n) is 4.75. The van der Waals surface area contributed by atoms with Crippen molar-refractivity contribution in [1.82, 2.24) is 10.5 Å². The molecular formula is C10H13N3O2. The van der Waals surface area contributed by atoms with Gasteiger partial charge in [-0.3, -0.25) is 4.79 Å². The second kappa shape index (κ2) is 4.60. The molecule has 5 heteroatoms. The molecule has 80 valence electrons. The summed E-state index contributed by atoms with van der Waals surface area (Å²) in [4.78, 5) is 11.7. The van der Waals surface area contributed by atoms with Gasteiger partial charge >= 0.3 is 0 Å². The number of carbonyl (C=O) groups excluding carboxylic acids is 1. The summed E-state index contributed by atoms with van der Waals surface area (Å²) in [5.74, 6) is 0.175. The van der Waals surface area contributed by atoms with Crippen molar-refractivity contribution >= 4 is 5.91 Å². The second-order valence-corrected chi connectivity index (χ2v) is 3.24. The van der Waals surface area contributed by atoms with Gasteiger partial charge in [-0.2, -0.15) is 5.26 Å². The predicted molar refractivity (Wildman–Crippen MR) is 53.2 cm³/mol. The largest absolute Gasteiger partial charge is 0.361 e. The van der Waals surface area contributed by atoms with Crippen LogP contribution in [0.25, 0.3) is 0 Å². The molecule has 0 saturated carbocycles. The highest BCUT2D eigenvalue weighted by molar-refractivity contribution is 5.96. The summed E-state index contributed by atoms with van der Waals surface area (Å²) in [6.45, 7) is 5.19. The van der Waals surface area contributed by atoms with Crippen LogP contribution in [0, 0.1) is 18.3 Å². The number of amides is 1. The fourth-order valence-electron chi connectivity index (χ4n) is 1.25. The molecule has 1 heterocycles. The van der Waals surface area contributed by atoms with E-state index in [-0.39, 0.29) is 5.91 Å². The van der Waals surface area contributed by atoms with Gasteiger partial charge in [-0.1, -0.05) is 12.1 Å². The van der Waals surface area contributed by atoms with Crippen LogP contribution in [0.5, 0.6) is 0 Å². The van der Waals surface area contributed by atoms with Gasteiger partial charge in [0.25, 0.3) is 5.91 Å². The maximum Gasteiger partial charge on any atom is 0.257 e. The number of nitriles is 1. The van der Waals surface area contributed by atoms with E-state index in [9.17, 15) is 4.79 Å². The maximum atomic E-state index is 11.7. The van der Waals surface area contributed by atoms with Gasteiger partial charge in [-0.15, -0.1) is 0 Å². The summed E-state index contributed by atoms with van der Waals surface area (Å²) in [5, 5.41) is 14.9. The van der Waals surface area contributed by atoms with Gasteiger partial charge in [0.15, 0.2) is 0 Å². The van der Waals surface area contributed by atoms with Crippen molar-refractivity contribution in [2.45, 2.75) is 33.2 Å². The van der Waals surface area contributed by atoms with E-state index >= 15 is 0 Å². The number of hydrogen-bond acceptors (Lipinski definition) is 4. The summed E-state index contributed by atoms with van der Waals surface area (Å²) in [6, 6.07) is 1.41. The van der Waals surface area contributed by atoms with E-state index in [2.05, 4.69) is 10.5 Å². The number of nitrogens with zero attached hydrogens (tertiary/aromatic N) is 2. The minimum atomic E-state index is -0.517. The number of hydrogen-bond donors (Lipinski definition) is 1. The monoisotopic (exact) mass is 207 g/mol. The van der Waals surface area contributed by atoms with Crippen LogP contribution in [0.4, 0.5) is 0 Å². The number of aryl methyl sites for hydroxylation is 2. The van der Waals surface area contributed by atoms with Crippen LogP contribution in [0.15, 0.2) is 4.52 Å². The van der Waals surface area contributed by atoms with Crippen molar-refractivity contribution in [2.24, 2.45) is 0 Å². The van der Waals surface area contributed by atoms with Gasteiger partial charge in [0.1, 0.15) is 17.4 Å². The normalized spacial score (nSPS) is 11.9. The lowest BCUT2D eigenvalue weighted by atomic mass is 10.1. The third-order valence-corrected chi connectivity index (χ3v) is 2.04.